The summed E-state index contributed by atoms with van der Waals surface area (Å²) in [5.74, 6) is -0.467. The fraction of sp³-hybridized carbons (Fsp3) is 0.435. The molecule has 0 saturated heterocycles. The molecule has 11 heteroatoms. The molecule has 0 radical (unpaired) electrons. The van der Waals surface area contributed by atoms with Gasteiger partial charge in [0, 0.05) is 11.6 Å². The Hall–Kier alpha value is -3.50. The predicted molar refractivity (Wildman–Crippen MR) is 117 cm³/mol. The second-order valence-corrected chi connectivity index (χ2v) is 9.18. The van der Waals surface area contributed by atoms with Gasteiger partial charge in [-0.15, -0.1) is 0 Å². The minimum absolute atomic E-state index is 0.00584. The number of H-pyrrole nitrogens is 1. The van der Waals surface area contributed by atoms with Crippen LogP contribution in [0.25, 0.3) is 11.1 Å². The van der Waals surface area contributed by atoms with Crippen LogP contribution in [-0.2, 0) is 10.9 Å². The highest BCUT2D eigenvalue weighted by molar-refractivity contribution is 5.94. The van der Waals surface area contributed by atoms with E-state index >= 15 is 0 Å². The molecule has 0 atom stereocenters. The summed E-state index contributed by atoms with van der Waals surface area (Å²) >= 11 is 0. The molecule has 1 aliphatic carbocycles. The van der Waals surface area contributed by atoms with Gasteiger partial charge in [-0.3, -0.25) is 9.59 Å². The Morgan fingerprint density at radius 3 is 2.29 bits per heavy atom. The minimum atomic E-state index is -4.84. The zero-order chi connectivity index (χ0) is 25.3. The molecule has 1 heterocycles. The van der Waals surface area contributed by atoms with Crippen LogP contribution < -0.4 is 21.3 Å². The van der Waals surface area contributed by atoms with Gasteiger partial charge in [0.1, 0.15) is 22.6 Å². The number of rotatable bonds is 6. The van der Waals surface area contributed by atoms with Crippen LogP contribution in [-0.4, -0.2) is 35.2 Å². The molecule has 1 aliphatic rings. The van der Waals surface area contributed by atoms with Gasteiger partial charge in [-0.25, -0.2) is 4.79 Å². The van der Waals surface area contributed by atoms with Crippen LogP contribution in [0, 0.1) is 5.92 Å². The predicted octanol–water partition coefficient (Wildman–Crippen LogP) is 3.84. The van der Waals surface area contributed by atoms with Crippen LogP contribution in [0.2, 0.25) is 0 Å². The highest BCUT2D eigenvalue weighted by Crippen LogP contribution is 2.36. The molecule has 1 aromatic heterocycles. The maximum atomic E-state index is 13.4. The number of primary amides is 1. The number of alkyl carbamates (subject to hydrolysis) is 1. The molecular formula is C23H26F3N3O5. The van der Waals surface area contributed by atoms with Crippen molar-refractivity contribution in [2.45, 2.75) is 51.4 Å². The summed E-state index contributed by atoms with van der Waals surface area (Å²) in [6.07, 6.45) is -3.86. The smallest absolute Gasteiger partial charge is 0.431 e. The summed E-state index contributed by atoms with van der Waals surface area (Å²) in [5, 5.41) is 2.79. The lowest BCUT2D eigenvalue weighted by molar-refractivity contribution is -0.140. The number of hydrogen-bond donors (Lipinski definition) is 3. The second-order valence-electron chi connectivity index (χ2n) is 9.18. The van der Waals surface area contributed by atoms with Gasteiger partial charge in [-0.1, -0.05) is 12.1 Å². The first-order valence-corrected chi connectivity index (χ1v) is 10.6. The lowest BCUT2D eigenvalue weighted by Gasteiger charge is -2.35. The Balaban J connectivity index is 1.61. The lowest BCUT2D eigenvalue weighted by atomic mass is 9.81. The van der Waals surface area contributed by atoms with Gasteiger partial charge in [0.2, 0.25) is 0 Å². The monoisotopic (exact) mass is 481 g/mol. The van der Waals surface area contributed by atoms with Gasteiger partial charge in [-0.2, -0.15) is 13.2 Å². The van der Waals surface area contributed by atoms with Crippen molar-refractivity contribution in [2.75, 3.05) is 6.61 Å². The van der Waals surface area contributed by atoms with Crippen molar-refractivity contribution in [2.24, 2.45) is 11.7 Å². The summed E-state index contributed by atoms with van der Waals surface area (Å²) in [5.41, 5.74) is 1.25. The molecule has 1 saturated carbocycles. The van der Waals surface area contributed by atoms with Gasteiger partial charge >= 0.3 is 12.3 Å². The number of carbonyl (C=O) groups is 2. The fourth-order valence-corrected chi connectivity index (χ4v) is 3.57. The number of carbonyl (C=O) groups excluding carboxylic acids is 2. The summed E-state index contributed by atoms with van der Waals surface area (Å²) in [6, 6.07) is 6.64. The zero-order valence-electron chi connectivity index (χ0n) is 18.9. The Morgan fingerprint density at radius 1 is 1.15 bits per heavy atom. The average molecular weight is 481 g/mol. The highest BCUT2D eigenvalue weighted by Gasteiger charge is 2.36. The molecule has 1 fully saturated rings. The van der Waals surface area contributed by atoms with E-state index in [2.05, 4.69) is 5.32 Å². The first-order valence-electron chi connectivity index (χ1n) is 10.6. The van der Waals surface area contributed by atoms with Crippen molar-refractivity contribution < 1.29 is 32.2 Å². The summed E-state index contributed by atoms with van der Waals surface area (Å²) in [7, 11) is 0. The molecule has 0 unspecified atom stereocenters. The van der Waals surface area contributed by atoms with Crippen LogP contribution in [0.5, 0.6) is 5.75 Å². The standard InChI is InChI=1S/C23H26F3N3O5/c1-22(2,3)34-21(32)28-14-8-12(9-14)11-33-15-6-4-13(5-7-15)16-10-17(19(27)30)20(31)29-18(16)23(24,25)26/h4-7,10,12,14H,8-9,11H2,1-3H3,(H2,27,30)(H,28,32)(H,29,31). The Labute approximate surface area is 193 Å². The Bertz CT molecular complexity index is 1110. The third-order valence-corrected chi connectivity index (χ3v) is 5.20. The number of aromatic amines is 1. The lowest BCUT2D eigenvalue weighted by Crippen LogP contribution is -2.47. The van der Waals surface area contributed by atoms with Crippen molar-refractivity contribution in [1.82, 2.24) is 10.3 Å². The third-order valence-electron chi connectivity index (χ3n) is 5.20. The maximum absolute atomic E-state index is 13.4. The number of benzene rings is 1. The first kappa shape index (κ1) is 25.1. The molecule has 0 bridgehead atoms. The van der Waals surface area contributed by atoms with E-state index in [1.165, 1.54) is 24.3 Å². The van der Waals surface area contributed by atoms with Crippen molar-refractivity contribution >= 4 is 12.0 Å². The molecule has 1 aromatic carbocycles. The molecule has 184 valence electrons. The Morgan fingerprint density at radius 2 is 1.76 bits per heavy atom. The molecule has 3 rings (SSSR count). The third kappa shape index (κ3) is 6.30. The molecule has 4 N–H and O–H groups in total. The van der Waals surface area contributed by atoms with Crippen LogP contribution in [0.4, 0.5) is 18.0 Å². The zero-order valence-corrected chi connectivity index (χ0v) is 18.9. The van der Waals surface area contributed by atoms with E-state index in [-0.39, 0.29) is 23.1 Å². The molecule has 8 nitrogen and oxygen atoms in total. The van der Waals surface area contributed by atoms with E-state index in [9.17, 15) is 27.6 Å². The maximum Gasteiger partial charge on any atom is 0.431 e. The number of halogens is 3. The van der Waals surface area contributed by atoms with E-state index < -0.39 is 40.6 Å². The number of nitrogens with two attached hydrogens (primary N) is 1. The fourth-order valence-electron chi connectivity index (χ4n) is 3.57. The van der Waals surface area contributed by atoms with Crippen LogP contribution in [0.15, 0.2) is 35.1 Å². The van der Waals surface area contributed by atoms with E-state index in [1.807, 2.05) is 0 Å². The summed E-state index contributed by atoms with van der Waals surface area (Å²) in [6.45, 7) is 5.73. The number of nitrogens with one attached hydrogen (secondary N) is 2. The SMILES string of the molecule is CC(C)(C)OC(=O)NC1CC(COc2ccc(-c3cc(C(N)=O)c(=O)[nH]c3C(F)(F)F)cc2)C1. The summed E-state index contributed by atoms with van der Waals surface area (Å²) < 4.78 is 51.2. The van der Waals surface area contributed by atoms with Gasteiger partial charge in [0.15, 0.2) is 0 Å². The second kappa shape index (κ2) is 9.40. The van der Waals surface area contributed by atoms with Gasteiger partial charge in [0.05, 0.1) is 6.61 Å². The van der Waals surface area contributed by atoms with Gasteiger partial charge in [0.25, 0.3) is 11.5 Å². The Kier molecular flexibility index (Phi) is 6.94. The van der Waals surface area contributed by atoms with E-state index in [0.29, 0.717) is 12.4 Å². The number of aromatic nitrogens is 1. The molecule has 2 amide bonds. The molecular weight excluding hydrogens is 455 g/mol. The van der Waals surface area contributed by atoms with Crippen LogP contribution >= 0.6 is 0 Å². The number of alkyl halides is 3. The van der Waals surface area contributed by atoms with E-state index in [1.54, 1.807) is 25.8 Å². The van der Waals surface area contributed by atoms with Crippen LogP contribution in [0.3, 0.4) is 0 Å². The highest BCUT2D eigenvalue weighted by atomic mass is 19.4. The topological polar surface area (TPSA) is 124 Å². The van der Waals surface area contributed by atoms with Crippen LogP contribution in [0.1, 0.15) is 49.7 Å². The number of hydrogen-bond acceptors (Lipinski definition) is 5. The molecule has 34 heavy (non-hydrogen) atoms. The molecule has 0 aliphatic heterocycles. The summed E-state index contributed by atoms with van der Waals surface area (Å²) in [4.78, 5) is 36.7. The average Bonchev–Trinajstić information content (AvgIpc) is 2.67. The number of amides is 2. The van der Waals surface area contributed by atoms with Crippen molar-refractivity contribution in [3.8, 4) is 16.9 Å². The van der Waals surface area contributed by atoms with Crippen molar-refractivity contribution in [3.63, 3.8) is 0 Å². The van der Waals surface area contributed by atoms with Gasteiger partial charge in [-0.05, 0) is 63.3 Å². The largest absolute Gasteiger partial charge is 0.493 e. The number of pyridine rings is 1. The van der Waals surface area contributed by atoms with E-state index in [4.69, 9.17) is 15.2 Å². The number of ether oxygens (including phenoxy) is 2. The van der Waals surface area contributed by atoms with E-state index in [0.717, 1.165) is 18.9 Å². The van der Waals surface area contributed by atoms with Crippen molar-refractivity contribution in [1.29, 1.82) is 0 Å². The van der Waals surface area contributed by atoms with Gasteiger partial charge < -0.3 is 25.5 Å². The molecule has 2 aromatic rings. The first-order chi connectivity index (χ1) is 15.7. The minimum Gasteiger partial charge on any atom is -0.493 e. The molecule has 0 spiro atoms. The van der Waals surface area contributed by atoms with Crippen molar-refractivity contribution in [3.05, 3.63) is 51.9 Å². The quantitative estimate of drug-likeness (QED) is 0.578. The normalized spacial score (nSPS) is 18.1.